The number of aryl methyl sites for hydroxylation is 1. The van der Waals surface area contributed by atoms with Crippen LogP contribution < -0.4 is 26.0 Å². The van der Waals surface area contributed by atoms with Crippen molar-refractivity contribution in [2.24, 2.45) is 5.92 Å². The maximum absolute atomic E-state index is 13.5. The molecule has 2 fully saturated rings. The standard InChI is InChI=1S/C16H22N4O.C16H21NO.C11H9F4NO3.C9H7F4NO2/c1-11-6-8-12(9-7-11)20-14(18-15(21)17-5)10-13(19-20)16(2,3)4;1-12(18)17-15-7-8-16(17)11-14(10-15)9-13-5-3-2-4-6-13;1-3-16-11(18)5-6(12)8(14)10(19-4(2)17)9(15)7(5)13;1-2-14-9(16)3-4(10)6(12)8(15)7(13)5(3)11/h6-10H,1-5H3,(H2,17,18,21);2-6,14-16H,7-11H2,1H3;3H2,1-2H3,(H,16,18);15H,2H2,1H3,(H,14,16)/t;14?,15-,16?;;/m.1../s1. The number of amides is 5. The van der Waals surface area contributed by atoms with Crippen LogP contribution in [0.3, 0.4) is 0 Å². The van der Waals surface area contributed by atoms with Crippen LogP contribution in [0, 0.1) is 59.4 Å². The van der Waals surface area contributed by atoms with Gasteiger partial charge in [-0.25, -0.2) is 27.0 Å². The fourth-order valence-corrected chi connectivity index (χ4v) is 8.18. The number of hydrogen-bond donors (Lipinski definition) is 5. The first kappa shape index (κ1) is 59.0. The maximum Gasteiger partial charge on any atom is 0.320 e. The topological polar surface area (TPSA) is 184 Å². The van der Waals surface area contributed by atoms with Gasteiger partial charge in [0.05, 0.1) is 11.4 Å². The number of aromatic nitrogens is 2. The molecule has 74 heavy (non-hydrogen) atoms. The maximum atomic E-state index is 13.5. The van der Waals surface area contributed by atoms with Crippen molar-refractivity contribution in [2.75, 3.05) is 25.5 Å². The molecule has 3 atom stereocenters. The third-order valence-electron chi connectivity index (χ3n) is 11.6. The van der Waals surface area contributed by atoms with Gasteiger partial charge in [0.1, 0.15) is 16.9 Å². The number of hydrogen-bond acceptors (Lipinski definition) is 8. The lowest BCUT2D eigenvalue weighted by atomic mass is 9.86. The van der Waals surface area contributed by atoms with Gasteiger partial charge in [-0.3, -0.25) is 24.5 Å². The van der Waals surface area contributed by atoms with Crippen LogP contribution in [0.5, 0.6) is 11.5 Å². The summed E-state index contributed by atoms with van der Waals surface area (Å²) in [5.74, 6) is -21.0. The molecule has 5 amide bonds. The molecule has 0 spiro atoms. The SMILES string of the molecule is CC(=O)N1C2CC[C@@H]1CC(Cc1ccccc1)C2.CCNC(=O)c1c(F)c(F)c(O)c(F)c1F.CCNC(=O)c1c(F)c(F)c(OC(C)=O)c(F)c1F.CNC(=O)Nc1cc(C(C)(C)C)nn1-c1ccc(C)cc1. The summed E-state index contributed by atoms with van der Waals surface area (Å²) in [5.41, 5.74) is 1.58. The summed E-state index contributed by atoms with van der Waals surface area (Å²) in [6, 6.07) is 21.5. The molecule has 22 heteroatoms. The molecule has 0 saturated carbocycles. The summed E-state index contributed by atoms with van der Waals surface area (Å²) in [5, 5.41) is 22.6. The van der Waals surface area contributed by atoms with Gasteiger partial charge in [0, 0.05) is 57.5 Å². The Balaban J connectivity index is 0.000000215. The van der Waals surface area contributed by atoms with Crippen LogP contribution in [0.2, 0.25) is 0 Å². The number of ether oxygens (including phenoxy) is 1. The molecule has 2 saturated heterocycles. The molecule has 2 unspecified atom stereocenters. The van der Waals surface area contributed by atoms with Crippen LogP contribution in [0.15, 0.2) is 60.7 Å². The van der Waals surface area contributed by atoms with Crippen LogP contribution >= 0.6 is 0 Å². The second-order valence-corrected chi connectivity index (χ2v) is 18.2. The summed E-state index contributed by atoms with van der Waals surface area (Å²) in [6.45, 7) is 13.8. The number of urea groups is 1. The molecule has 400 valence electrons. The lowest BCUT2D eigenvalue weighted by molar-refractivity contribution is -0.134. The summed E-state index contributed by atoms with van der Waals surface area (Å²) < 4.78 is 111. The Kier molecular flexibility index (Phi) is 20.7. The number of aromatic hydroxyl groups is 1. The first-order valence-electron chi connectivity index (χ1n) is 23.4. The predicted octanol–water partition coefficient (Wildman–Crippen LogP) is 9.86. The van der Waals surface area contributed by atoms with Crippen molar-refractivity contribution in [3.63, 3.8) is 0 Å². The second kappa shape index (κ2) is 25.9. The van der Waals surface area contributed by atoms with Gasteiger partial charge in [0.15, 0.2) is 29.0 Å². The van der Waals surface area contributed by atoms with E-state index in [-0.39, 0.29) is 30.4 Å². The van der Waals surface area contributed by atoms with Crippen molar-refractivity contribution in [3.8, 4) is 17.2 Å². The van der Waals surface area contributed by atoms with Gasteiger partial charge in [0.25, 0.3) is 11.8 Å². The summed E-state index contributed by atoms with van der Waals surface area (Å²) >= 11 is 0. The van der Waals surface area contributed by atoms with Crippen molar-refractivity contribution in [3.05, 3.63) is 135 Å². The van der Waals surface area contributed by atoms with E-state index in [9.17, 15) is 59.1 Å². The Bertz CT molecular complexity index is 2750. The summed E-state index contributed by atoms with van der Waals surface area (Å²) in [7, 11) is 1.59. The summed E-state index contributed by atoms with van der Waals surface area (Å²) in [6.07, 6.45) is 6.01. The largest absolute Gasteiger partial charge is 0.503 e. The van der Waals surface area contributed by atoms with Crippen molar-refractivity contribution >= 4 is 35.5 Å². The minimum absolute atomic E-state index is 0.00660. The van der Waals surface area contributed by atoms with Crippen LogP contribution in [0.1, 0.15) is 112 Å². The number of carbonyl (C=O) groups excluding carboxylic acids is 5. The molecule has 14 nitrogen and oxygen atoms in total. The van der Waals surface area contributed by atoms with E-state index in [0.717, 1.165) is 24.2 Å². The molecule has 0 aliphatic carbocycles. The number of anilines is 1. The van der Waals surface area contributed by atoms with Crippen LogP contribution in [-0.2, 0) is 21.4 Å². The molecule has 1 aromatic heterocycles. The van der Waals surface area contributed by atoms with Crippen molar-refractivity contribution in [2.45, 2.75) is 105 Å². The Hall–Kier alpha value is -7.52. The highest BCUT2D eigenvalue weighted by atomic mass is 19.2. The van der Waals surface area contributed by atoms with Gasteiger partial charge in [-0.05, 0) is 76.5 Å². The number of phenols is 1. The molecule has 4 aromatic carbocycles. The molecule has 0 radical (unpaired) electrons. The lowest BCUT2D eigenvalue weighted by Crippen LogP contribution is -2.45. The Morgan fingerprint density at radius 1 is 0.716 bits per heavy atom. The minimum atomic E-state index is -2.00. The number of nitrogens with zero attached hydrogens (tertiary/aromatic N) is 3. The van der Waals surface area contributed by atoms with Crippen LogP contribution in [0.25, 0.3) is 5.69 Å². The van der Waals surface area contributed by atoms with Gasteiger partial charge >= 0.3 is 12.0 Å². The quantitative estimate of drug-likeness (QED) is 0.0418. The highest BCUT2D eigenvalue weighted by Crippen LogP contribution is 2.40. The molecule has 7 rings (SSSR count). The first-order chi connectivity index (χ1) is 34.8. The fourth-order valence-electron chi connectivity index (χ4n) is 8.18. The van der Waals surface area contributed by atoms with E-state index >= 15 is 0 Å². The molecule has 5 aromatic rings. The second-order valence-electron chi connectivity index (χ2n) is 18.2. The highest BCUT2D eigenvalue weighted by Gasteiger charge is 2.42. The number of phenolic OH excluding ortho intramolecular Hbond substituents is 1. The third-order valence-corrected chi connectivity index (χ3v) is 11.6. The molecule has 3 heterocycles. The van der Waals surface area contributed by atoms with Gasteiger partial charge in [0.2, 0.25) is 34.9 Å². The number of esters is 1. The zero-order chi connectivity index (χ0) is 55.4. The number of nitrogens with one attached hydrogen (secondary N) is 4. The van der Waals surface area contributed by atoms with E-state index in [1.54, 1.807) is 18.7 Å². The number of halogens is 8. The Labute approximate surface area is 422 Å². The van der Waals surface area contributed by atoms with Gasteiger partial charge in [-0.15, -0.1) is 0 Å². The summed E-state index contributed by atoms with van der Waals surface area (Å²) in [4.78, 5) is 58.4. The number of piperidine rings is 1. The average molecular weight is 1050 g/mol. The Morgan fingerprint density at radius 3 is 1.61 bits per heavy atom. The lowest BCUT2D eigenvalue weighted by Gasteiger charge is -2.38. The zero-order valence-corrected chi connectivity index (χ0v) is 42.2. The zero-order valence-electron chi connectivity index (χ0n) is 42.2. The molecular weight excluding hydrogens is 987 g/mol. The molecule has 5 N–H and O–H groups in total. The number of rotatable bonds is 9. The van der Waals surface area contributed by atoms with Crippen LogP contribution in [-0.4, -0.2) is 81.7 Å². The van der Waals surface area contributed by atoms with Gasteiger partial charge in [-0.1, -0.05) is 68.8 Å². The number of carbonyl (C=O) groups is 5. The first-order valence-corrected chi connectivity index (χ1v) is 23.4. The van der Waals surface area contributed by atoms with Gasteiger partial charge < -0.3 is 30.7 Å². The molecule has 2 bridgehead atoms. The fraction of sp³-hybridized carbons (Fsp3) is 0.385. The minimum Gasteiger partial charge on any atom is -0.503 e. The molecule has 2 aliphatic heterocycles. The predicted molar refractivity (Wildman–Crippen MR) is 259 cm³/mol. The average Bonchev–Trinajstić information content (AvgIpc) is 3.90. The highest BCUT2D eigenvalue weighted by molar-refractivity contribution is 5.95. The normalized spacial score (nSPS) is 15.5. The van der Waals surface area contributed by atoms with Crippen molar-refractivity contribution in [1.29, 1.82) is 0 Å². The monoisotopic (exact) mass is 1050 g/mol. The van der Waals surface area contributed by atoms with Crippen molar-refractivity contribution < 1.29 is 68.9 Å². The van der Waals surface area contributed by atoms with E-state index in [1.807, 2.05) is 47.9 Å². The van der Waals surface area contributed by atoms with E-state index in [0.29, 0.717) is 17.9 Å². The smallest absolute Gasteiger partial charge is 0.320 e. The Morgan fingerprint density at radius 2 is 1.19 bits per heavy atom. The van der Waals surface area contributed by atoms with E-state index in [1.165, 1.54) is 57.1 Å². The van der Waals surface area contributed by atoms with Crippen molar-refractivity contribution in [1.82, 2.24) is 30.6 Å². The number of fused-ring (bicyclic) bond motifs is 2. The number of benzene rings is 4. The van der Waals surface area contributed by atoms with Crippen LogP contribution in [0.4, 0.5) is 45.7 Å². The van der Waals surface area contributed by atoms with Gasteiger partial charge in [-0.2, -0.15) is 22.7 Å². The molecular formula is C52H59F8N7O7. The molecule has 2 aliphatic rings. The van der Waals surface area contributed by atoms with E-state index in [4.69, 9.17) is 5.11 Å². The van der Waals surface area contributed by atoms with E-state index in [2.05, 4.69) is 76.5 Å². The third kappa shape index (κ3) is 14.6. The van der Waals surface area contributed by atoms with E-state index < -0.39 is 86.9 Å².